The lowest BCUT2D eigenvalue weighted by molar-refractivity contribution is 0.0356. The summed E-state index contributed by atoms with van der Waals surface area (Å²) >= 11 is 0. The SMILES string of the molecule is CCCCCCCCCCCCC(CCCCCCCCCCCC)(O[PH](=O)O)c1c(C(C)(C)C)cc(O)c(C)c1C. The summed E-state index contributed by atoms with van der Waals surface area (Å²) in [5, 5.41) is 10.8. The third-order valence-corrected chi connectivity index (χ3v) is 9.85. The molecule has 0 aliphatic heterocycles. The van der Waals surface area contributed by atoms with Crippen molar-refractivity contribution in [2.24, 2.45) is 0 Å². The number of aromatic hydroxyl groups is 1. The minimum absolute atomic E-state index is 0.235. The van der Waals surface area contributed by atoms with Gasteiger partial charge in [-0.2, -0.15) is 0 Å². The third-order valence-electron chi connectivity index (χ3n) is 9.29. The Morgan fingerprint density at radius 1 is 0.643 bits per heavy atom. The van der Waals surface area contributed by atoms with Crippen LogP contribution in [-0.2, 0) is 20.1 Å². The van der Waals surface area contributed by atoms with Crippen LogP contribution in [0, 0.1) is 13.8 Å². The highest BCUT2D eigenvalue weighted by molar-refractivity contribution is 7.32. The molecule has 0 heterocycles. The Bertz CT molecular complexity index is 849. The van der Waals surface area contributed by atoms with Crippen molar-refractivity contribution in [2.75, 3.05) is 0 Å². The van der Waals surface area contributed by atoms with Gasteiger partial charge in [-0.1, -0.05) is 163 Å². The molecular formula is C37H69O4P. The van der Waals surface area contributed by atoms with Crippen LogP contribution in [0.15, 0.2) is 6.07 Å². The zero-order valence-corrected chi connectivity index (χ0v) is 29.8. The molecule has 246 valence electrons. The van der Waals surface area contributed by atoms with Crippen LogP contribution >= 0.6 is 8.25 Å². The molecular weight excluding hydrogens is 539 g/mol. The van der Waals surface area contributed by atoms with E-state index < -0.39 is 13.9 Å². The molecule has 1 aromatic rings. The zero-order chi connectivity index (χ0) is 31.4. The number of hydrogen-bond acceptors (Lipinski definition) is 3. The van der Waals surface area contributed by atoms with E-state index >= 15 is 0 Å². The Kier molecular flexibility index (Phi) is 20.3. The van der Waals surface area contributed by atoms with Crippen LogP contribution in [0.4, 0.5) is 0 Å². The molecule has 0 amide bonds. The Morgan fingerprint density at radius 3 is 1.33 bits per heavy atom. The van der Waals surface area contributed by atoms with Crippen molar-refractivity contribution < 1.29 is 19.1 Å². The molecule has 0 saturated carbocycles. The molecule has 2 N–H and O–H groups in total. The summed E-state index contributed by atoms with van der Waals surface area (Å²) in [5.41, 5.74) is 2.88. The van der Waals surface area contributed by atoms with E-state index in [0.717, 1.165) is 60.8 Å². The van der Waals surface area contributed by atoms with Crippen LogP contribution in [0.5, 0.6) is 5.75 Å². The van der Waals surface area contributed by atoms with Crippen molar-refractivity contribution in [3.8, 4) is 5.75 Å². The Labute approximate surface area is 261 Å². The van der Waals surface area contributed by atoms with E-state index in [9.17, 15) is 14.6 Å². The van der Waals surface area contributed by atoms with Crippen LogP contribution in [0.3, 0.4) is 0 Å². The second kappa shape index (κ2) is 21.8. The van der Waals surface area contributed by atoms with E-state index in [1.807, 2.05) is 13.0 Å². The summed E-state index contributed by atoms with van der Waals surface area (Å²) in [6, 6.07) is 1.89. The molecule has 0 bridgehead atoms. The summed E-state index contributed by atoms with van der Waals surface area (Å²) in [6.45, 7) is 15.0. The maximum absolute atomic E-state index is 12.5. The van der Waals surface area contributed by atoms with Gasteiger partial charge in [-0.15, -0.1) is 0 Å². The van der Waals surface area contributed by atoms with Gasteiger partial charge in [0.2, 0.25) is 0 Å². The summed E-state index contributed by atoms with van der Waals surface area (Å²) in [7, 11) is -3.17. The van der Waals surface area contributed by atoms with Crippen molar-refractivity contribution in [3.63, 3.8) is 0 Å². The van der Waals surface area contributed by atoms with Gasteiger partial charge in [-0.05, 0) is 60.4 Å². The largest absolute Gasteiger partial charge is 0.508 e. The van der Waals surface area contributed by atoms with Crippen LogP contribution in [0.1, 0.15) is 198 Å². The van der Waals surface area contributed by atoms with E-state index in [4.69, 9.17) is 4.52 Å². The van der Waals surface area contributed by atoms with Crippen LogP contribution in [0.2, 0.25) is 0 Å². The lowest BCUT2D eigenvalue weighted by Crippen LogP contribution is -2.33. The van der Waals surface area contributed by atoms with E-state index in [-0.39, 0.29) is 5.41 Å². The third kappa shape index (κ3) is 14.8. The lowest BCUT2D eigenvalue weighted by atomic mass is 9.72. The summed E-state index contributed by atoms with van der Waals surface area (Å²) < 4.78 is 18.7. The summed E-state index contributed by atoms with van der Waals surface area (Å²) in [6.07, 6.45) is 26.6. The first kappa shape index (κ1) is 39.2. The van der Waals surface area contributed by atoms with E-state index in [1.54, 1.807) is 0 Å². The standard InChI is InChI=1S/C37H69O4P/c1-8-10-12-14-16-18-20-22-24-26-28-37(41-42(39)40,29-27-25-23-21-19-17-15-13-11-9-2)35-32(4)31(3)34(38)30-33(35)36(5,6)7/h30,38,42H,8-29H2,1-7H3,(H,39,40). The molecule has 0 aliphatic carbocycles. The monoisotopic (exact) mass is 608 g/mol. The Morgan fingerprint density at radius 2 is 1.00 bits per heavy atom. The quantitative estimate of drug-likeness (QED) is 0.0856. The number of rotatable bonds is 25. The fourth-order valence-corrected chi connectivity index (χ4v) is 7.21. The van der Waals surface area contributed by atoms with Crippen molar-refractivity contribution >= 4 is 8.25 Å². The molecule has 0 aliphatic rings. The molecule has 1 unspecified atom stereocenters. The first-order chi connectivity index (χ1) is 20.0. The number of phenols is 1. The lowest BCUT2D eigenvalue weighted by Gasteiger charge is -2.40. The average molecular weight is 609 g/mol. The molecule has 5 heteroatoms. The molecule has 4 nitrogen and oxygen atoms in total. The zero-order valence-electron chi connectivity index (χ0n) is 28.8. The molecule has 0 aromatic heterocycles. The summed E-state index contributed by atoms with van der Waals surface area (Å²) in [4.78, 5) is 10.3. The highest BCUT2D eigenvalue weighted by Gasteiger charge is 2.40. The van der Waals surface area contributed by atoms with Gasteiger partial charge in [-0.25, -0.2) is 0 Å². The molecule has 1 rings (SSSR count). The maximum atomic E-state index is 12.5. The van der Waals surface area contributed by atoms with Crippen molar-refractivity contribution in [1.29, 1.82) is 0 Å². The van der Waals surface area contributed by atoms with E-state index in [0.29, 0.717) is 5.75 Å². The van der Waals surface area contributed by atoms with Gasteiger partial charge in [0.15, 0.2) is 0 Å². The fourth-order valence-electron chi connectivity index (χ4n) is 6.57. The van der Waals surface area contributed by atoms with Gasteiger partial charge in [-0.3, -0.25) is 9.09 Å². The van der Waals surface area contributed by atoms with Gasteiger partial charge in [0, 0.05) is 0 Å². The predicted octanol–water partition coefficient (Wildman–Crippen LogP) is 12.5. The van der Waals surface area contributed by atoms with Crippen LogP contribution in [-0.4, -0.2) is 10.00 Å². The minimum atomic E-state index is -3.17. The number of phenolic OH excluding ortho intramolecular Hbond substituents is 1. The van der Waals surface area contributed by atoms with Gasteiger partial charge in [0.25, 0.3) is 0 Å². The van der Waals surface area contributed by atoms with Gasteiger partial charge < -0.3 is 10.00 Å². The van der Waals surface area contributed by atoms with Gasteiger partial charge >= 0.3 is 8.25 Å². The highest BCUT2D eigenvalue weighted by Crippen LogP contribution is 2.49. The van der Waals surface area contributed by atoms with Crippen molar-refractivity contribution in [1.82, 2.24) is 0 Å². The van der Waals surface area contributed by atoms with Crippen LogP contribution < -0.4 is 0 Å². The number of hydrogen-bond donors (Lipinski definition) is 2. The highest BCUT2D eigenvalue weighted by atomic mass is 31.1. The van der Waals surface area contributed by atoms with Gasteiger partial charge in [0.05, 0.1) is 0 Å². The molecule has 0 radical (unpaired) electrons. The molecule has 0 fully saturated rings. The molecule has 0 spiro atoms. The van der Waals surface area contributed by atoms with E-state index in [1.165, 1.54) is 103 Å². The second-order valence-corrected chi connectivity index (χ2v) is 14.8. The van der Waals surface area contributed by atoms with Crippen molar-refractivity contribution in [3.05, 3.63) is 28.3 Å². The first-order valence-corrected chi connectivity index (χ1v) is 19.0. The molecule has 0 saturated heterocycles. The number of unbranched alkanes of at least 4 members (excludes halogenated alkanes) is 18. The Hall–Kier alpha value is -0.830. The summed E-state index contributed by atoms with van der Waals surface area (Å²) in [5.74, 6) is 0.296. The average Bonchev–Trinajstić information content (AvgIpc) is 2.92. The van der Waals surface area contributed by atoms with Gasteiger partial charge in [0.1, 0.15) is 11.4 Å². The fraction of sp³-hybridized carbons (Fsp3) is 0.838. The number of benzene rings is 1. The van der Waals surface area contributed by atoms with E-state index in [2.05, 4.69) is 41.5 Å². The minimum Gasteiger partial charge on any atom is -0.508 e. The van der Waals surface area contributed by atoms with Crippen molar-refractivity contribution in [2.45, 2.75) is 201 Å². The topological polar surface area (TPSA) is 66.8 Å². The Balaban J connectivity index is 3.05. The van der Waals surface area contributed by atoms with Crippen LogP contribution in [0.25, 0.3) is 0 Å². The molecule has 42 heavy (non-hydrogen) atoms. The first-order valence-electron chi connectivity index (χ1n) is 17.8. The smallest absolute Gasteiger partial charge is 0.317 e. The predicted molar refractivity (Wildman–Crippen MR) is 183 cm³/mol. The normalized spacial score (nSPS) is 13.1. The molecule has 1 atom stereocenters. The maximum Gasteiger partial charge on any atom is 0.317 e. The molecule has 1 aromatic carbocycles. The second-order valence-electron chi connectivity index (χ2n) is 14.0.